The Kier molecular flexibility index (Phi) is 3.41. The number of carboxylic acid groups (broad SMARTS) is 1. The van der Waals surface area contributed by atoms with E-state index >= 15 is 0 Å². The largest absolute Gasteiger partial charge is 0.550 e. The number of amides is 1. The van der Waals surface area contributed by atoms with E-state index in [4.69, 9.17) is 4.42 Å². The van der Waals surface area contributed by atoms with Crippen molar-refractivity contribution in [3.63, 3.8) is 0 Å². The lowest BCUT2D eigenvalue weighted by atomic mass is 9.97. The van der Waals surface area contributed by atoms with Gasteiger partial charge in [-0.3, -0.25) is 4.79 Å². The maximum absolute atomic E-state index is 12.3. The normalized spacial score (nSPS) is 19.9. The van der Waals surface area contributed by atoms with E-state index in [2.05, 4.69) is 0 Å². The monoisotopic (exact) mass is 250 g/mol. The lowest BCUT2D eigenvalue weighted by Crippen LogP contribution is -2.46. The molecule has 1 aromatic heterocycles. The molecule has 0 unspecified atom stereocenters. The van der Waals surface area contributed by atoms with Crippen molar-refractivity contribution in [1.29, 1.82) is 0 Å². The zero-order valence-electron chi connectivity index (χ0n) is 10.6. The standard InChI is InChI=1S/C13H17NO4/c1-8-6-11(9(2)18-8)12(15)14-5-3-4-10(7-14)13(16)17/h6,10H,3-5,7H2,1-2H3,(H,16,17)/p-1/t10-/m0/s1. The van der Waals surface area contributed by atoms with Crippen LogP contribution >= 0.6 is 0 Å². The van der Waals surface area contributed by atoms with Gasteiger partial charge in [0.25, 0.3) is 5.91 Å². The molecule has 5 heteroatoms. The summed E-state index contributed by atoms with van der Waals surface area (Å²) in [4.78, 5) is 24.7. The smallest absolute Gasteiger partial charge is 0.257 e. The molecule has 1 amide bonds. The average molecular weight is 250 g/mol. The fourth-order valence-electron chi connectivity index (χ4n) is 2.37. The summed E-state index contributed by atoms with van der Waals surface area (Å²) in [5.41, 5.74) is 0.520. The summed E-state index contributed by atoms with van der Waals surface area (Å²) >= 11 is 0. The van der Waals surface area contributed by atoms with E-state index in [1.54, 1.807) is 24.8 Å². The zero-order chi connectivity index (χ0) is 13.3. The van der Waals surface area contributed by atoms with Crippen molar-refractivity contribution in [3.05, 3.63) is 23.2 Å². The highest BCUT2D eigenvalue weighted by Gasteiger charge is 2.27. The van der Waals surface area contributed by atoms with Gasteiger partial charge in [0.15, 0.2) is 0 Å². The molecule has 1 aromatic rings. The first kappa shape index (κ1) is 12.7. The Balaban J connectivity index is 2.14. The molecule has 1 atom stereocenters. The van der Waals surface area contributed by atoms with Gasteiger partial charge in [0.2, 0.25) is 0 Å². The molecule has 0 radical (unpaired) electrons. The van der Waals surface area contributed by atoms with Crippen LogP contribution in [-0.4, -0.2) is 29.9 Å². The first-order chi connectivity index (χ1) is 8.49. The summed E-state index contributed by atoms with van der Waals surface area (Å²) in [6.45, 7) is 4.33. The maximum atomic E-state index is 12.3. The summed E-state index contributed by atoms with van der Waals surface area (Å²) in [7, 11) is 0. The van der Waals surface area contributed by atoms with Gasteiger partial charge < -0.3 is 19.2 Å². The van der Waals surface area contributed by atoms with E-state index < -0.39 is 11.9 Å². The molecular weight excluding hydrogens is 234 g/mol. The van der Waals surface area contributed by atoms with Crippen LogP contribution in [0.25, 0.3) is 0 Å². The number of rotatable bonds is 2. The zero-order valence-corrected chi connectivity index (χ0v) is 10.6. The SMILES string of the molecule is Cc1cc(C(=O)N2CCC[C@H](C(=O)[O-])C2)c(C)o1. The molecule has 1 aliphatic rings. The van der Waals surface area contributed by atoms with Crippen LogP contribution in [0.5, 0.6) is 0 Å². The van der Waals surface area contributed by atoms with Gasteiger partial charge in [0, 0.05) is 25.0 Å². The molecular formula is C13H16NO4-. The van der Waals surface area contributed by atoms with Crippen molar-refractivity contribution in [1.82, 2.24) is 4.90 Å². The molecule has 0 aliphatic carbocycles. The molecule has 1 aliphatic heterocycles. The van der Waals surface area contributed by atoms with Gasteiger partial charge >= 0.3 is 0 Å². The Morgan fingerprint density at radius 1 is 1.44 bits per heavy atom. The summed E-state index contributed by atoms with van der Waals surface area (Å²) in [6.07, 6.45) is 1.27. The first-order valence-electron chi connectivity index (χ1n) is 6.06. The molecule has 5 nitrogen and oxygen atoms in total. The van der Waals surface area contributed by atoms with E-state index in [1.807, 2.05) is 0 Å². The van der Waals surface area contributed by atoms with Crippen LogP contribution in [0.3, 0.4) is 0 Å². The van der Waals surface area contributed by atoms with Crippen LogP contribution in [0.2, 0.25) is 0 Å². The van der Waals surface area contributed by atoms with Crippen LogP contribution in [0.4, 0.5) is 0 Å². The van der Waals surface area contributed by atoms with Crippen molar-refractivity contribution in [2.24, 2.45) is 5.92 Å². The average Bonchev–Trinajstić information content (AvgIpc) is 2.67. The second kappa shape index (κ2) is 4.84. The van der Waals surface area contributed by atoms with Crippen molar-refractivity contribution in [3.8, 4) is 0 Å². The summed E-state index contributed by atoms with van der Waals surface area (Å²) in [6, 6.07) is 1.69. The number of carbonyl (C=O) groups is 2. The predicted molar refractivity (Wildman–Crippen MR) is 61.8 cm³/mol. The third-order valence-corrected chi connectivity index (χ3v) is 3.31. The Hall–Kier alpha value is -1.78. The molecule has 1 saturated heterocycles. The Labute approximate surface area is 105 Å². The summed E-state index contributed by atoms with van der Waals surface area (Å²) in [5.74, 6) is -0.531. The molecule has 0 aromatic carbocycles. The number of piperidine rings is 1. The van der Waals surface area contributed by atoms with Crippen molar-refractivity contribution < 1.29 is 19.1 Å². The predicted octanol–water partition coefficient (Wildman–Crippen LogP) is 0.499. The highest BCUT2D eigenvalue weighted by Crippen LogP contribution is 2.21. The molecule has 18 heavy (non-hydrogen) atoms. The topological polar surface area (TPSA) is 73.6 Å². The number of hydrogen-bond donors (Lipinski definition) is 0. The van der Waals surface area contributed by atoms with Crippen LogP contribution in [-0.2, 0) is 4.79 Å². The number of carboxylic acids is 1. The Morgan fingerprint density at radius 2 is 2.17 bits per heavy atom. The molecule has 0 saturated carbocycles. The molecule has 0 bridgehead atoms. The lowest BCUT2D eigenvalue weighted by Gasteiger charge is -2.33. The van der Waals surface area contributed by atoms with Gasteiger partial charge in [0.1, 0.15) is 11.5 Å². The molecule has 0 N–H and O–H groups in total. The number of nitrogens with zero attached hydrogens (tertiary/aromatic N) is 1. The highest BCUT2D eigenvalue weighted by atomic mass is 16.4. The van der Waals surface area contributed by atoms with Crippen molar-refractivity contribution >= 4 is 11.9 Å². The van der Waals surface area contributed by atoms with Crippen molar-refractivity contribution in [2.75, 3.05) is 13.1 Å². The van der Waals surface area contributed by atoms with Gasteiger partial charge in [-0.25, -0.2) is 0 Å². The molecule has 2 rings (SSSR count). The fraction of sp³-hybridized carbons (Fsp3) is 0.538. The third-order valence-electron chi connectivity index (χ3n) is 3.31. The number of aliphatic carboxylic acids is 1. The molecule has 98 valence electrons. The summed E-state index contributed by atoms with van der Waals surface area (Å²) < 4.78 is 5.32. The second-order valence-corrected chi connectivity index (χ2v) is 4.74. The Morgan fingerprint density at radius 3 is 2.72 bits per heavy atom. The van der Waals surface area contributed by atoms with E-state index in [9.17, 15) is 14.7 Å². The number of aryl methyl sites for hydroxylation is 2. The number of furan rings is 1. The lowest BCUT2D eigenvalue weighted by molar-refractivity contribution is -0.312. The molecule has 1 fully saturated rings. The van der Waals surface area contributed by atoms with Crippen LogP contribution < -0.4 is 5.11 Å². The van der Waals surface area contributed by atoms with Crippen molar-refractivity contribution in [2.45, 2.75) is 26.7 Å². The van der Waals surface area contributed by atoms with Gasteiger partial charge in [0.05, 0.1) is 5.56 Å². The summed E-state index contributed by atoms with van der Waals surface area (Å²) in [5, 5.41) is 10.9. The minimum Gasteiger partial charge on any atom is -0.550 e. The quantitative estimate of drug-likeness (QED) is 0.766. The Bertz CT molecular complexity index is 477. The third kappa shape index (κ3) is 2.39. The van der Waals surface area contributed by atoms with Gasteiger partial charge in [-0.1, -0.05) is 0 Å². The number of carbonyl (C=O) groups excluding carboxylic acids is 2. The van der Waals surface area contributed by atoms with E-state index in [1.165, 1.54) is 0 Å². The fourth-order valence-corrected chi connectivity index (χ4v) is 2.37. The minimum absolute atomic E-state index is 0.157. The van der Waals surface area contributed by atoms with E-state index in [0.29, 0.717) is 36.5 Å². The van der Waals surface area contributed by atoms with Gasteiger partial charge in [-0.2, -0.15) is 0 Å². The van der Waals surface area contributed by atoms with Gasteiger partial charge in [-0.05, 0) is 32.8 Å². The highest BCUT2D eigenvalue weighted by molar-refractivity contribution is 5.95. The van der Waals surface area contributed by atoms with Crippen LogP contribution in [0.15, 0.2) is 10.5 Å². The number of likely N-dealkylation sites (tertiary alicyclic amines) is 1. The maximum Gasteiger partial charge on any atom is 0.257 e. The van der Waals surface area contributed by atoms with E-state index in [0.717, 1.165) is 0 Å². The van der Waals surface area contributed by atoms with Crippen LogP contribution in [0.1, 0.15) is 34.7 Å². The minimum atomic E-state index is -1.08. The van der Waals surface area contributed by atoms with Crippen LogP contribution in [0, 0.1) is 19.8 Å². The second-order valence-electron chi connectivity index (χ2n) is 4.74. The molecule has 2 heterocycles. The first-order valence-corrected chi connectivity index (χ1v) is 6.06. The van der Waals surface area contributed by atoms with Gasteiger partial charge in [-0.15, -0.1) is 0 Å². The molecule has 0 spiro atoms. The number of hydrogen-bond acceptors (Lipinski definition) is 4. The van der Waals surface area contributed by atoms with E-state index in [-0.39, 0.29) is 12.5 Å².